The lowest BCUT2D eigenvalue weighted by Crippen LogP contribution is -2.30. The van der Waals surface area contributed by atoms with E-state index >= 15 is 0 Å². The zero-order valence-electron chi connectivity index (χ0n) is 19.9. The summed E-state index contributed by atoms with van der Waals surface area (Å²) in [4.78, 5) is 43.5. The Morgan fingerprint density at radius 3 is 2.37 bits per heavy atom. The van der Waals surface area contributed by atoms with E-state index in [1.165, 1.54) is 11.8 Å². The molecule has 0 unspecified atom stereocenters. The Morgan fingerprint density at radius 2 is 1.69 bits per heavy atom. The number of fused-ring (bicyclic) bond motifs is 1. The van der Waals surface area contributed by atoms with Gasteiger partial charge in [0.15, 0.2) is 10.9 Å². The predicted octanol–water partition coefficient (Wildman–Crippen LogP) is 4.87. The average Bonchev–Trinajstić information content (AvgIpc) is 2.85. The molecule has 0 aliphatic heterocycles. The van der Waals surface area contributed by atoms with E-state index in [1.807, 2.05) is 63.2 Å². The van der Waals surface area contributed by atoms with E-state index in [1.54, 1.807) is 34.9 Å². The van der Waals surface area contributed by atoms with Gasteiger partial charge >= 0.3 is 0 Å². The molecule has 0 aliphatic carbocycles. The van der Waals surface area contributed by atoms with Gasteiger partial charge in [-0.15, -0.1) is 0 Å². The number of benzene rings is 3. The van der Waals surface area contributed by atoms with Crippen molar-refractivity contribution in [1.82, 2.24) is 14.9 Å². The molecule has 0 radical (unpaired) electrons. The van der Waals surface area contributed by atoms with E-state index in [0.717, 1.165) is 11.1 Å². The molecule has 35 heavy (non-hydrogen) atoms. The Balaban J connectivity index is 1.74. The van der Waals surface area contributed by atoms with Crippen molar-refractivity contribution in [3.05, 3.63) is 105 Å². The van der Waals surface area contributed by atoms with E-state index in [2.05, 4.69) is 5.32 Å². The summed E-state index contributed by atoms with van der Waals surface area (Å²) in [6.07, 6.45) is 0. The van der Waals surface area contributed by atoms with Gasteiger partial charge in [-0.2, -0.15) is 0 Å². The van der Waals surface area contributed by atoms with Gasteiger partial charge in [-0.25, -0.2) is 4.98 Å². The van der Waals surface area contributed by atoms with E-state index in [0.29, 0.717) is 33.7 Å². The van der Waals surface area contributed by atoms with Crippen LogP contribution in [0.3, 0.4) is 0 Å². The highest BCUT2D eigenvalue weighted by Gasteiger charge is 2.16. The number of hydrogen-bond acceptors (Lipinski definition) is 5. The molecule has 178 valence electrons. The number of nitrogens with zero attached hydrogens (tertiary/aromatic N) is 2. The first-order chi connectivity index (χ1) is 16.8. The van der Waals surface area contributed by atoms with Crippen molar-refractivity contribution in [2.75, 3.05) is 5.75 Å². The summed E-state index contributed by atoms with van der Waals surface area (Å²) in [7, 11) is 0. The van der Waals surface area contributed by atoms with Gasteiger partial charge in [0, 0.05) is 17.2 Å². The van der Waals surface area contributed by atoms with Crippen LogP contribution in [-0.2, 0) is 6.54 Å². The van der Waals surface area contributed by atoms with Gasteiger partial charge in [0.05, 0.1) is 23.2 Å². The van der Waals surface area contributed by atoms with Crippen molar-refractivity contribution in [2.24, 2.45) is 0 Å². The lowest BCUT2D eigenvalue weighted by Gasteiger charge is -2.14. The van der Waals surface area contributed by atoms with Crippen LogP contribution in [0, 0.1) is 6.92 Å². The summed E-state index contributed by atoms with van der Waals surface area (Å²) in [5.41, 5.74) is 3.37. The van der Waals surface area contributed by atoms with Crippen LogP contribution in [0.4, 0.5) is 0 Å². The Morgan fingerprint density at radius 1 is 0.971 bits per heavy atom. The van der Waals surface area contributed by atoms with Gasteiger partial charge < -0.3 is 5.32 Å². The highest BCUT2D eigenvalue weighted by molar-refractivity contribution is 7.99. The standard InChI is InChI=1S/C28H27N3O3S/c1-18(2)29-26(33)22-13-14-23-24(15-22)30-28(35-17-25(32)21-7-5-4-6-8-21)31(27(23)34)16-20-11-9-19(3)10-12-20/h4-15,18H,16-17H2,1-3H3,(H,29,33). The number of thioether (sulfide) groups is 1. The number of carbonyl (C=O) groups is 2. The van der Waals surface area contributed by atoms with Gasteiger partial charge in [-0.3, -0.25) is 19.0 Å². The molecule has 1 N–H and O–H groups in total. The van der Waals surface area contributed by atoms with E-state index < -0.39 is 0 Å². The second-order valence-electron chi connectivity index (χ2n) is 8.71. The second-order valence-corrected chi connectivity index (χ2v) is 9.65. The fraction of sp³-hybridized carbons (Fsp3) is 0.214. The summed E-state index contributed by atoms with van der Waals surface area (Å²) in [5.74, 6) is -0.124. The predicted molar refractivity (Wildman–Crippen MR) is 140 cm³/mol. The van der Waals surface area contributed by atoms with Crippen LogP contribution < -0.4 is 10.9 Å². The van der Waals surface area contributed by atoms with Crippen LogP contribution in [-0.4, -0.2) is 33.0 Å². The number of Topliss-reactive ketones (excluding diaryl/α,β-unsaturated/α-hetero) is 1. The molecule has 0 aliphatic rings. The van der Waals surface area contributed by atoms with Crippen LogP contribution in [0.2, 0.25) is 0 Å². The molecule has 4 rings (SSSR count). The van der Waals surface area contributed by atoms with Crippen LogP contribution in [0.25, 0.3) is 10.9 Å². The quantitative estimate of drug-likeness (QED) is 0.219. The Kier molecular flexibility index (Phi) is 7.46. The van der Waals surface area contributed by atoms with Gasteiger partial charge in [0.2, 0.25) is 0 Å². The van der Waals surface area contributed by atoms with Gasteiger partial charge in [0.1, 0.15) is 0 Å². The van der Waals surface area contributed by atoms with Crippen molar-refractivity contribution < 1.29 is 9.59 Å². The molecule has 3 aromatic carbocycles. The third-order valence-corrected chi connectivity index (χ3v) is 6.47. The maximum Gasteiger partial charge on any atom is 0.262 e. The third kappa shape index (κ3) is 5.87. The molecule has 0 saturated carbocycles. The Bertz CT molecular complexity index is 1430. The molecular weight excluding hydrogens is 458 g/mol. The van der Waals surface area contributed by atoms with Gasteiger partial charge in [0.25, 0.3) is 11.5 Å². The molecule has 1 heterocycles. The molecule has 4 aromatic rings. The zero-order valence-corrected chi connectivity index (χ0v) is 20.8. The van der Waals surface area contributed by atoms with Crippen LogP contribution in [0.5, 0.6) is 0 Å². The highest BCUT2D eigenvalue weighted by atomic mass is 32.2. The van der Waals surface area contributed by atoms with Crippen LogP contribution in [0.1, 0.15) is 45.7 Å². The number of aromatic nitrogens is 2. The van der Waals surface area contributed by atoms with Crippen LogP contribution in [0.15, 0.2) is 82.7 Å². The summed E-state index contributed by atoms with van der Waals surface area (Å²) < 4.78 is 1.60. The molecule has 0 bridgehead atoms. The number of carbonyl (C=O) groups excluding carboxylic acids is 2. The fourth-order valence-corrected chi connectivity index (χ4v) is 4.54. The van der Waals surface area contributed by atoms with Crippen LogP contribution >= 0.6 is 11.8 Å². The summed E-state index contributed by atoms with van der Waals surface area (Å²) in [6.45, 7) is 6.12. The number of hydrogen-bond donors (Lipinski definition) is 1. The van der Waals surface area contributed by atoms with Crippen molar-refractivity contribution in [3.63, 3.8) is 0 Å². The first-order valence-corrected chi connectivity index (χ1v) is 12.4. The average molecular weight is 486 g/mol. The minimum atomic E-state index is -0.221. The molecular formula is C28H27N3O3S. The molecule has 0 saturated heterocycles. The minimum Gasteiger partial charge on any atom is -0.350 e. The summed E-state index contributed by atoms with van der Waals surface area (Å²) in [5, 5.41) is 3.73. The lowest BCUT2D eigenvalue weighted by atomic mass is 10.1. The smallest absolute Gasteiger partial charge is 0.262 e. The topological polar surface area (TPSA) is 81.1 Å². The fourth-order valence-electron chi connectivity index (χ4n) is 3.65. The first-order valence-electron chi connectivity index (χ1n) is 11.4. The third-order valence-electron chi connectivity index (χ3n) is 5.49. The lowest BCUT2D eigenvalue weighted by molar-refractivity contribution is 0.0942. The normalized spacial score (nSPS) is 11.1. The van der Waals surface area contributed by atoms with Crippen molar-refractivity contribution in [2.45, 2.75) is 38.5 Å². The maximum atomic E-state index is 13.5. The Labute approximate surface area is 208 Å². The SMILES string of the molecule is Cc1ccc(Cn2c(SCC(=O)c3ccccc3)nc3cc(C(=O)NC(C)C)ccc3c2=O)cc1. The molecule has 7 heteroatoms. The molecule has 1 amide bonds. The molecule has 1 aromatic heterocycles. The van der Waals surface area contributed by atoms with Gasteiger partial charge in [-0.1, -0.05) is 71.9 Å². The molecule has 0 fully saturated rings. The van der Waals surface area contributed by atoms with E-state index in [9.17, 15) is 14.4 Å². The largest absolute Gasteiger partial charge is 0.350 e. The number of rotatable bonds is 8. The monoisotopic (exact) mass is 485 g/mol. The summed E-state index contributed by atoms with van der Waals surface area (Å²) in [6, 6.07) is 21.9. The number of aryl methyl sites for hydroxylation is 1. The number of nitrogens with one attached hydrogen (secondary N) is 1. The highest BCUT2D eigenvalue weighted by Crippen LogP contribution is 2.21. The van der Waals surface area contributed by atoms with E-state index in [4.69, 9.17) is 4.98 Å². The zero-order chi connectivity index (χ0) is 24.9. The minimum absolute atomic E-state index is 0.0104. The number of amides is 1. The van der Waals surface area contributed by atoms with Crippen molar-refractivity contribution in [3.8, 4) is 0 Å². The molecule has 6 nitrogen and oxygen atoms in total. The van der Waals surface area contributed by atoms with Crippen molar-refractivity contribution >= 4 is 34.4 Å². The Hall–Kier alpha value is -3.71. The molecule has 0 spiro atoms. The summed E-state index contributed by atoms with van der Waals surface area (Å²) >= 11 is 1.23. The molecule has 0 atom stereocenters. The van der Waals surface area contributed by atoms with E-state index in [-0.39, 0.29) is 29.0 Å². The number of ketones is 1. The van der Waals surface area contributed by atoms with Gasteiger partial charge in [-0.05, 0) is 44.5 Å². The maximum absolute atomic E-state index is 13.5. The van der Waals surface area contributed by atoms with Crippen molar-refractivity contribution in [1.29, 1.82) is 0 Å². The second kappa shape index (κ2) is 10.7. The first kappa shape index (κ1) is 24.4.